The highest BCUT2D eigenvalue weighted by Gasteiger charge is 2.04. The van der Waals surface area contributed by atoms with Crippen molar-refractivity contribution in [1.82, 2.24) is 19.6 Å². The van der Waals surface area contributed by atoms with E-state index < -0.39 is 5.97 Å². The van der Waals surface area contributed by atoms with Gasteiger partial charge in [-0.25, -0.2) is 0 Å². The Bertz CT molecular complexity index is 617. The fraction of sp³-hybridized carbons (Fsp3) is 0.333. The molecule has 0 radical (unpaired) electrons. The van der Waals surface area contributed by atoms with Crippen LogP contribution in [0.1, 0.15) is 12.1 Å². The van der Waals surface area contributed by atoms with E-state index in [2.05, 4.69) is 10.3 Å². The lowest BCUT2D eigenvalue weighted by atomic mass is 10.2. The van der Waals surface area contributed by atoms with Crippen LogP contribution in [0.4, 0.5) is 0 Å². The fourth-order valence-electron chi connectivity index (χ4n) is 1.65. The number of aliphatic carboxylic acids is 1. The molecule has 7 nitrogen and oxygen atoms in total. The van der Waals surface area contributed by atoms with Crippen LogP contribution in [0.25, 0.3) is 0 Å². The van der Waals surface area contributed by atoms with Crippen molar-refractivity contribution in [3.8, 4) is 0 Å². The van der Waals surface area contributed by atoms with Crippen molar-refractivity contribution in [2.75, 3.05) is 0 Å². The van der Waals surface area contributed by atoms with Gasteiger partial charge in [0.1, 0.15) is 0 Å². The molecule has 0 spiro atoms. The van der Waals surface area contributed by atoms with Gasteiger partial charge in [-0.3, -0.25) is 14.3 Å². The van der Waals surface area contributed by atoms with Crippen LogP contribution >= 0.6 is 0 Å². The smallest absolute Gasteiger partial charge is 0.303 e. The lowest BCUT2D eigenvalue weighted by Gasteiger charge is -2.03. The highest BCUT2D eigenvalue weighted by molar-refractivity contribution is 5.66. The number of carbonyl (C=O) groups is 1. The topological polar surface area (TPSA) is 90.0 Å². The standard InChI is InChI=1S/C12H14N4O3/c17-11-3-1-2-6-15(11)7-8-16-9-10(13-14-16)4-5-12(18)19/h1-3,6,9H,4-5,7-8H2,(H,18,19). The molecule has 19 heavy (non-hydrogen) atoms. The molecule has 100 valence electrons. The molecule has 0 aromatic carbocycles. The summed E-state index contributed by atoms with van der Waals surface area (Å²) in [4.78, 5) is 21.9. The van der Waals surface area contributed by atoms with Crippen molar-refractivity contribution >= 4 is 5.97 Å². The first-order chi connectivity index (χ1) is 9.15. The minimum atomic E-state index is -0.856. The third-order valence-electron chi connectivity index (χ3n) is 2.65. The van der Waals surface area contributed by atoms with Gasteiger partial charge in [0.15, 0.2) is 0 Å². The van der Waals surface area contributed by atoms with Gasteiger partial charge >= 0.3 is 5.97 Å². The van der Waals surface area contributed by atoms with Gasteiger partial charge in [-0.2, -0.15) is 0 Å². The van der Waals surface area contributed by atoms with Crippen molar-refractivity contribution in [2.45, 2.75) is 25.9 Å². The molecule has 0 bridgehead atoms. The van der Waals surface area contributed by atoms with Crippen LogP contribution in [0.2, 0.25) is 0 Å². The summed E-state index contributed by atoms with van der Waals surface area (Å²) in [6.07, 6.45) is 3.82. The zero-order valence-electron chi connectivity index (χ0n) is 10.3. The zero-order chi connectivity index (χ0) is 13.7. The first kappa shape index (κ1) is 13.0. The molecule has 0 amide bonds. The minimum Gasteiger partial charge on any atom is -0.481 e. The predicted molar refractivity (Wildman–Crippen MR) is 66.7 cm³/mol. The molecule has 0 saturated heterocycles. The summed E-state index contributed by atoms with van der Waals surface area (Å²) in [5.41, 5.74) is 0.580. The van der Waals surface area contributed by atoms with Crippen molar-refractivity contribution in [1.29, 1.82) is 0 Å². The van der Waals surface area contributed by atoms with Gasteiger partial charge in [0.05, 0.1) is 18.7 Å². The Labute approximate surface area is 109 Å². The molecule has 0 fully saturated rings. The number of aryl methyl sites for hydroxylation is 3. The largest absolute Gasteiger partial charge is 0.481 e. The Hall–Kier alpha value is -2.44. The molecule has 2 rings (SSSR count). The van der Waals surface area contributed by atoms with E-state index in [-0.39, 0.29) is 12.0 Å². The van der Waals surface area contributed by atoms with E-state index in [1.165, 1.54) is 6.07 Å². The van der Waals surface area contributed by atoms with Crippen LogP contribution in [0, 0.1) is 0 Å². The van der Waals surface area contributed by atoms with Gasteiger partial charge < -0.3 is 9.67 Å². The highest BCUT2D eigenvalue weighted by Crippen LogP contribution is 1.98. The molecule has 0 saturated carbocycles. The van der Waals surface area contributed by atoms with Gasteiger partial charge in [0.2, 0.25) is 0 Å². The molecule has 2 aromatic heterocycles. The Morgan fingerprint density at radius 1 is 1.32 bits per heavy atom. The van der Waals surface area contributed by atoms with Crippen LogP contribution in [0.3, 0.4) is 0 Å². The van der Waals surface area contributed by atoms with Crippen LogP contribution in [0.15, 0.2) is 35.4 Å². The van der Waals surface area contributed by atoms with Crippen molar-refractivity contribution < 1.29 is 9.90 Å². The third-order valence-corrected chi connectivity index (χ3v) is 2.65. The molecule has 0 unspecified atom stereocenters. The van der Waals surface area contributed by atoms with E-state index in [0.29, 0.717) is 25.2 Å². The molecular weight excluding hydrogens is 248 g/mol. The number of hydrogen-bond acceptors (Lipinski definition) is 4. The molecule has 0 atom stereocenters. The number of aromatic nitrogens is 4. The Morgan fingerprint density at radius 2 is 2.16 bits per heavy atom. The third kappa shape index (κ3) is 3.77. The van der Waals surface area contributed by atoms with Gasteiger partial charge in [-0.05, 0) is 6.07 Å². The Kier molecular flexibility index (Phi) is 4.07. The summed E-state index contributed by atoms with van der Waals surface area (Å²) < 4.78 is 3.19. The summed E-state index contributed by atoms with van der Waals surface area (Å²) in [7, 11) is 0. The zero-order valence-corrected chi connectivity index (χ0v) is 10.3. The second kappa shape index (κ2) is 5.94. The predicted octanol–water partition coefficient (Wildman–Crippen LogP) is 0.157. The number of hydrogen-bond donors (Lipinski definition) is 1. The van der Waals surface area contributed by atoms with E-state index in [0.717, 1.165) is 0 Å². The Morgan fingerprint density at radius 3 is 2.89 bits per heavy atom. The van der Waals surface area contributed by atoms with Crippen molar-refractivity contribution in [3.05, 3.63) is 46.6 Å². The highest BCUT2D eigenvalue weighted by atomic mass is 16.4. The normalized spacial score (nSPS) is 10.5. The molecule has 1 N–H and O–H groups in total. The molecule has 2 aromatic rings. The maximum absolute atomic E-state index is 11.5. The van der Waals surface area contributed by atoms with Crippen molar-refractivity contribution in [3.63, 3.8) is 0 Å². The average molecular weight is 262 g/mol. The molecule has 0 aliphatic heterocycles. The monoisotopic (exact) mass is 262 g/mol. The molecule has 0 aliphatic carbocycles. The van der Waals surface area contributed by atoms with E-state index in [9.17, 15) is 9.59 Å². The summed E-state index contributed by atoms with van der Waals surface area (Å²) in [6.45, 7) is 1.02. The SMILES string of the molecule is O=C(O)CCc1cn(CCn2ccccc2=O)nn1. The summed E-state index contributed by atoms with van der Waals surface area (Å²) in [5, 5.41) is 16.4. The van der Waals surface area contributed by atoms with Gasteiger partial charge in [0, 0.05) is 31.4 Å². The van der Waals surface area contributed by atoms with E-state index in [1.54, 1.807) is 33.8 Å². The first-order valence-electron chi connectivity index (χ1n) is 5.91. The second-order valence-corrected chi connectivity index (χ2v) is 4.10. The van der Waals surface area contributed by atoms with Gasteiger partial charge in [-0.15, -0.1) is 5.10 Å². The van der Waals surface area contributed by atoms with Crippen LogP contribution in [-0.4, -0.2) is 30.6 Å². The summed E-state index contributed by atoms with van der Waals surface area (Å²) >= 11 is 0. The number of carboxylic acids is 1. The Balaban J connectivity index is 1.92. The average Bonchev–Trinajstić information content (AvgIpc) is 2.83. The maximum Gasteiger partial charge on any atom is 0.303 e. The molecule has 0 aliphatic rings. The molecule has 7 heteroatoms. The number of carboxylic acid groups (broad SMARTS) is 1. The number of pyridine rings is 1. The minimum absolute atomic E-state index is 0.0385. The number of rotatable bonds is 6. The lowest BCUT2D eigenvalue weighted by molar-refractivity contribution is -0.136. The van der Waals surface area contributed by atoms with E-state index >= 15 is 0 Å². The summed E-state index contributed by atoms with van der Waals surface area (Å²) in [5.74, 6) is -0.856. The van der Waals surface area contributed by atoms with E-state index in [1.807, 2.05) is 0 Å². The number of nitrogens with zero attached hydrogens (tertiary/aromatic N) is 4. The lowest BCUT2D eigenvalue weighted by Crippen LogP contribution is -2.20. The van der Waals surface area contributed by atoms with Gasteiger partial charge in [0.25, 0.3) is 5.56 Å². The quantitative estimate of drug-likeness (QED) is 0.800. The fourth-order valence-corrected chi connectivity index (χ4v) is 1.65. The second-order valence-electron chi connectivity index (χ2n) is 4.10. The van der Waals surface area contributed by atoms with Crippen LogP contribution in [0.5, 0.6) is 0 Å². The van der Waals surface area contributed by atoms with Crippen LogP contribution < -0.4 is 5.56 Å². The van der Waals surface area contributed by atoms with E-state index in [4.69, 9.17) is 5.11 Å². The molecular formula is C12H14N4O3. The maximum atomic E-state index is 11.5. The molecule has 2 heterocycles. The van der Waals surface area contributed by atoms with Gasteiger partial charge in [-0.1, -0.05) is 11.3 Å². The van der Waals surface area contributed by atoms with Crippen molar-refractivity contribution in [2.24, 2.45) is 0 Å². The summed E-state index contributed by atoms with van der Waals surface area (Å²) in [6, 6.07) is 4.99. The first-order valence-corrected chi connectivity index (χ1v) is 5.91. The van der Waals surface area contributed by atoms with Crippen LogP contribution in [-0.2, 0) is 24.3 Å².